The predicted octanol–water partition coefficient (Wildman–Crippen LogP) is 1.88. The first-order valence-electron chi connectivity index (χ1n) is 3.43. The fourth-order valence-corrected chi connectivity index (χ4v) is 0.747. The number of hydrogen-bond acceptors (Lipinski definition) is 2. The predicted molar refractivity (Wildman–Crippen MR) is 58.9 cm³/mol. The van der Waals surface area contributed by atoms with Crippen molar-refractivity contribution in [2.75, 3.05) is 0 Å². The van der Waals surface area contributed by atoms with E-state index in [2.05, 4.69) is 56.6 Å². The van der Waals surface area contributed by atoms with Crippen molar-refractivity contribution in [2.24, 2.45) is 5.73 Å². The van der Waals surface area contributed by atoms with E-state index < -0.39 is 0 Å². The van der Waals surface area contributed by atoms with Gasteiger partial charge in [0.25, 0.3) is 0 Å². The molecule has 0 aliphatic rings. The van der Waals surface area contributed by atoms with Gasteiger partial charge in [-0.3, -0.25) is 0 Å². The van der Waals surface area contributed by atoms with Crippen LogP contribution >= 0.6 is 12.2 Å². The monoisotopic (exact) mass is 261 g/mol. The quantitative estimate of drug-likeness (QED) is 0.335. The Kier molecular flexibility index (Phi) is 10.1. The van der Waals surface area contributed by atoms with Crippen molar-refractivity contribution in [1.82, 2.24) is 0 Å². The van der Waals surface area contributed by atoms with E-state index in [4.69, 9.17) is 0 Å². The third kappa shape index (κ3) is 12.0. The van der Waals surface area contributed by atoms with Crippen molar-refractivity contribution in [2.45, 2.75) is 13.8 Å². The van der Waals surface area contributed by atoms with E-state index in [-0.39, 0.29) is 23.8 Å². The van der Waals surface area contributed by atoms with Gasteiger partial charge in [-0.2, -0.15) is 35.4 Å². The average molecular weight is 263 g/mol. The van der Waals surface area contributed by atoms with Crippen molar-refractivity contribution in [3.63, 3.8) is 0 Å². The second-order valence-corrected chi connectivity index (χ2v) is 3.54. The molecule has 0 heterocycles. The molecule has 0 fully saturated rings. The minimum absolute atomic E-state index is 0. The summed E-state index contributed by atoms with van der Waals surface area (Å²) in [4.78, 5) is 0. The number of thiocarbonyl (C=S) groups is 1. The molecule has 0 aliphatic carbocycles. The molecular weight excluding hydrogens is 252 g/mol. The third-order valence-electron chi connectivity index (χ3n) is 1.08. The molecule has 66 valence electrons. The van der Waals surface area contributed by atoms with E-state index in [9.17, 15) is 0 Å². The smallest absolute Gasteiger partial charge is 0.415 e. The Labute approximate surface area is 103 Å². The van der Waals surface area contributed by atoms with Crippen LogP contribution in [0.4, 0.5) is 0 Å². The van der Waals surface area contributed by atoms with Gasteiger partial charge in [0, 0.05) is 0 Å². The molecule has 0 unspecified atom stereocenters. The van der Waals surface area contributed by atoms with Gasteiger partial charge >= 0.3 is 19.5 Å². The van der Waals surface area contributed by atoms with Gasteiger partial charge in [-0.05, 0) is 0 Å². The number of hydrogen-bond donors (Lipinski definition) is 1. The third-order valence-corrected chi connectivity index (χ3v) is 1.08. The second-order valence-electron chi connectivity index (χ2n) is 2.41. The van der Waals surface area contributed by atoms with Crippen LogP contribution < -0.4 is 5.73 Å². The first-order chi connectivity index (χ1) is 5.52. The molecule has 1 nitrogen and oxygen atoms in total. The Morgan fingerprint density at radius 2 is 1.69 bits per heavy atom. The Morgan fingerprint density at radius 1 is 1.38 bits per heavy atom. The standard InChI is InChI=1S/C8H9.CH3NS2.Zn/c1-7-4-3-5-8(2)6-7;2-1(3)4;/h4-6H,1-2H3;(H3,2,3,4);/q-1;;+2/p-1. The molecule has 0 bridgehead atoms. The van der Waals surface area contributed by atoms with Crippen LogP contribution in [0.1, 0.15) is 11.1 Å². The van der Waals surface area contributed by atoms with Crippen LogP contribution in [-0.4, -0.2) is 4.32 Å². The molecule has 0 atom stereocenters. The van der Waals surface area contributed by atoms with Gasteiger partial charge in [-0.15, -0.1) is 0 Å². The van der Waals surface area contributed by atoms with Crippen LogP contribution in [0.3, 0.4) is 0 Å². The van der Waals surface area contributed by atoms with Gasteiger partial charge in [0.15, 0.2) is 0 Å². The number of aryl methyl sites for hydroxylation is 2. The van der Waals surface area contributed by atoms with Gasteiger partial charge in [0.2, 0.25) is 0 Å². The molecular formula is C9H11NS2Zn. The maximum Gasteiger partial charge on any atom is 2.00 e. The summed E-state index contributed by atoms with van der Waals surface area (Å²) in [5, 5.41) is 0. The molecule has 4 heteroatoms. The van der Waals surface area contributed by atoms with E-state index in [1.807, 2.05) is 12.1 Å². The van der Waals surface area contributed by atoms with Crippen molar-refractivity contribution in [3.05, 3.63) is 35.4 Å². The Balaban J connectivity index is 0. The molecule has 0 radical (unpaired) electrons. The van der Waals surface area contributed by atoms with Gasteiger partial charge in [-0.1, -0.05) is 18.2 Å². The van der Waals surface area contributed by atoms with Crippen LogP contribution in [-0.2, 0) is 32.1 Å². The minimum Gasteiger partial charge on any atom is -0.415 e. The first kappa shape index (κ1) is 15.4. The van der Waals surface area contributed by atoms with Gasteiger partial charge in [0.1, 0.15) is 0 Å². The summed E-state index contributed by atoms with van der Waals surface area (Å²) in [6.45, 7) is 4.15. The summed E-state index contributed by atoms with van der Waals surface area (Å²) in [5.41, 5.74) is 7.22. The fourth-order valence-electron chi connectivity index (χ4n) is 0.747. The van der Waals surface area contributed by atoms with Crippen molar-refractivity contribution in [1.29, 1.82) is 0 Å². The van der Waals surface area contributed by atoms with Crippen LogP contribution in [0.15, 0.2) is 18.2 Å². The van der Waals surface area contributed by atoms with Gasteiger partial charge in [0.05, 0.1) is 0 Å². The molecule has 2 N–H and O–H groups in total. The zero-order valence-corrected chi connectivity index (χ0v) is 12.4. The van der Waals surface area contributed by atoms with Crippen LogP contribution in [0.2, 0.25) is 0 Å². The zero-order chi connectivity index (χ0) is 9.56. The molecule has 0 saturated heterocycles. The summed E-state index contributed by atoms with van der Waals surface area (Å²) in [5.74, 6) is 0. The van der Waals surface area contributed by atoms with Crippen molar-refractivity contribution in [3.8, 4) is 0 Å². The van der Waals surface area contributed by atoms with Gasteiger partial charge in [-0.25, -0.2) is 0 Å². The molecule has 1 aromatic carbocycles. The van der Waals surface area contributed by atoms with Crippen LogP contribution in [0.5, 0.6) is 0 Å². The maximum absolute atomic E-state index is 4.66. The maximum atomic E-state index is 4.66. The Hall–Kier alpha value is -0.0466. The molecule has 13 heavy (non-hydrogen) atoms. The zero-order valence-electron chi connectivity index (χ0n) is 7.83. The summed E-state index contributed by atoms with van der Waals surface area (Å²) >= 11 is 8.26. The van der Waals surface area contributed by atoms with E-state index in [0.717, 1.165) is 0 Å². The Morgan fingerprint density at radius 3 is 1.85 bits per heavy atom. The average Bonchev–Trinajstić information content (AvgIpc) is 1.84. The van der Waals surface area contributed by atoms with E-state index in [1.54, 1.807) is 0 Å². The molecule has 0 aromatic heterocycles. The summed E-state index contributed by atoms with van der Waals surface area (Å²) < 4.78 is 0.0833. The minimum atomic E-state index is 0. The van der Waals surface area contributed by atoms with Crippen molar-refractivity contribution >= 4 is 29.2 Å². The number of benzene rings is 1. The van der Waals surface area contributed by atoms with Crippen LogP contribution in [0.25, 0.3) is 0 Å². The molecule has 0 aliphatic heterocycles. The molecule has 0 saturated carbocycles. The second kappa shape index (κ2) is 8.55. The summed E-state index contributed by atoms with van der Waals surface area (Å²) in [6.07, 6.45) is 0. The largest absolute Gasteiger partial charge is 2.00 e. The molecule has 1 rings (SSSR count). The molecule has 1 aromatic rings. The van der Waals surface area contributed by atoms with E-state index in [0.29, 0.717) is 0 Å². The number of rotatable bonds is 0. The Bertz CT molecular complexity index is 242. The van der Waals surface area contributed by atoms with Crippen LogP contribution in [0, 0.1) is 19.9 Å². The van der Waals surface area contributed by atoms with Crippen molar-refractivity contribution < 1.29 is 19.5 Å². The summed E-state index contributed by atoms with van der Waals surface area (Å²) in [7, 11) is 0. The SMILES string of the molecule is Cc1c[c-]cc(C)c1.NC(=S)[S-].[Zn+2]. The number of nitrogens with two attached hydrogens (primary N) is 1. The van der Waals surface area contributed by atoms with E-state index in [1.165, 1.54) is 11.1 Å². The molecule has 0 amide bonds. The summed E-state index contributed by atoms with van der Waals surface area (Å²) in [6, 6.07) is 9.12. The topological polar surface area (TPSA) is 26.0 Å². The fraction of sp³-hybridized carbons (Fsp3) is 0.222. The normalized spacial score (nSPS) is 7.54. The molecule has 0 spiro atoms. The van der Waals surface area contributed by atoms with E-state index >= 15 is 0 Å². The van der Waals surface area contributed by atoms with Gasteiger partial charge < -0.3 is 30.6 Å². The first-order valence-corrected chi connectivity index (χ1v) is 4.25.